The minimum atomic E-state index is -3.79. The van der Waals surface area contributed by atoms with Crippen LogP contribution >= 0.6 is 0 Å². The van der Waals surface area contributed by atoms with E-state index in [4.69, 9.17) is 5.26 Å². The molecule has 0 aliphatic carbocycles. The fourth-order valence-corrected chi connectivity index (χ4v) is 3.01. The van der Waals surface area contributed by atoms with Crippen LogP contribution in [-0.4, -0.2) is 18.4 Å². The Balaban J connectivity index is 2.01. The van der Waals surface area contributed by atoms with E-state index in [0.29, 0.717) is 11.2 Å². The highest BCUT2D eigenvalue weighted by Crippen LogP contribution is 2.23. The van der Waals surface area contributed by atoms with Crippen molar-refractivity contribution in [2.45, 2.75) is 4.90 Å². The van der Waals surface area contributed by atoms with Crippen LogP contribution in [0.25, 0.3) is 10.9 Å². The molecular weight excluding hydrogens is 300 g/mol. The van der Waals surface area contributed by atoms with Crippen LogP contribution in [0.5, 0.6) is 0 Å². The molecule has 3 rings (SSSR count). The second-order valence-electron chi connectivity index (χ2n) is 4.48. The van der Waals surface area contributed by atoms with Gasteiger partial charge in [-0.1, -0.05) is 18.2 Å². The average molecular weight is 310 g/mol. The number of hydrogen-bond donors (Lipinski definition) is 1. The maximum Gasteiger partial charge on any atom is 0.263 e. The van der Waals surface area contributed by atoms with Crippen molar-refractivity contribution >= 4 is 26.6 Å². The van der Waals surface area contributed by atoms with E-state index >= 15 is 0 Å². The van der Waals surface area contributed by atoms with Crippen LogP contribution in [0, 0.1) is 11.3 Å². The third kappa shape index (κ3) is 2.60. The molecule has 7 heteroatoms. The van der Waals surface area contributed by atoms with Crippen LogP contribution < -0.4 is 4.72 Å². The summed E-state index contributed by atoms with van der Waals surface area (Å²) in [6.45, 7) is 0. The molecular formula is C15H10N4O2S. The van der Waals surface area contributed by atoms with Crippen LogP contribution in [0.1, 0.15) is 5.69 Å². The smallest absolute Gasteiger partial charge is 0.263 e. The third-order valence-electron chi connectivity index (χ3n) is 3.04. The summed E-state index contributed by atoms with van der Waals surface area (Å²) in [7, 11) is -3.79. The number of nitrogens with zero attached hydrogens (tertiary/aromatic N) is 3. The zero-order valence-electron chi connectivity index (χ0n) is 11.3. The molecule has 0 atom stereocenters. The average Bonchev–Trinajstić information content (AvgIpc) is 2.55. The number of fused-ring (bicyclic) bond motifs is 1. The second-order valence-corrected chi connectivity index (χ2v) is 6.16. The molecule has 108 valence electrons. The number of nitrogens with one attached hydrogen (secondary N) is 1. The fraction of sp³-hybridized carbons (Fsp3) is 0. The van der Waals surface area contributed by atoms with E-state index < -0.39 is 10.0 Å². The monoisotopic (exact) mass is 310 g/mol. The van der Waals surface area contributed by atoms with Crippen LogP contribution in [0.2, 0.25) is 0 Å². The molecule has 0 saturated heterocycles. The Morgan fingerprint density at radius 1 is 1.05 bits per heavy atom. The summed E-state index contributed by atoms with van der Waals surface area (Å²) in [5, 5.41) is 9.53. The Morgan fingerprint density at radius 3 is 2.59 bits per heavy atom. The van der Waals surface area contributed by atoms with Crippen molar-refractivity contribution in [3.8, 4) is 6.07 Å². The van der Waals surface area contributed by atoms with Gasteiger partial charge in [0.05, 0.1) is 11.2 Å². The van der Waals surface area contributed by atoms with Crippen LogP contribution in [0.3, 0.4) is 0 Å². The summed E-state index contributed by atoms with van der Waals surface area (Å²) in [5.41, 5.74) is 1.11. The second kappa shape index (κ2) is 5.42. The summed E-state index contributed by atoms with van der Waals surface area (Å²) >= 11 is 0. The van der Waals surface area contributed by atoms with Gasteiger partial charge in [-0.3, -0.25) is 9.71 Å². The zero-order chi connectivity index (χ0) is 15.6. The third-order valence-corrected chi connectivity index (χ3v) is 4.39. The van der Waals surface area contributed by atoms with E-state index in [0.717, 1.165) is 11.6 Å². The first-order chi connectivity index (χ1) is 10.6. The standard InChI is InChI=1S/C15H10N4O2S/c16-9-12-6-7-13(10-18-12)22(20,21)19-14-5-1-3-11-4-2-8-17-15(11)14/h1-8,10,19H. The molecule has 0 radical (unpaired) electrons. The first-order valence-electron chi connectivity index (χ1n) is 6.33. The van der Waals surface area contributed by atoms with Gasteiger partial charge in [0.2, 0.25) is 0 Å². The number of hydrogen-bond acceptors (Lipinski definition) is 5. The van der Waals surface area contributed by atoms with E-state index in [2.05, 4.69) is 14.7 Å². The fourth-order valence-electron chi connectivity index (χ4n) is 2.00. The molecule has 0 aliphatic heterocycles. The Labute approximate surface area is 127 Å². The van der Waals surface area contributed by atoms with Crippen LogP contribution in [0.4, 0.5) is 5.69 Å². The normalized spacial score (nSPS) is 11.0. The molecule has 0 aliphatic rings. The van der Waals surface area contributed by atoms with Crippen LogP contribution in [0.15, 0.2) is 59.8 Å². The first kappa shape index (κ1) is 14.0. The highest BCUT2D eigenvalue weighted by Gasteiger charge is 2.16. The molecule has 2 aromatic heterocycles. The minimum absolute atomic E-state index is 0.0144. The molecule has 6 nitrogen and oxygen atoms in total. The van der Waals surface area contributed by atoms with E-state index in [1.54, 1.807) is 24.4 Å². The number of aromatic nitrogens is 2. The number of sulfonamides is 1. The summed E-state index contributed by atoms with van der Waals surface area (Å²) in [5.74, 6) is 0. The van der Waals surface area contributed by atoms with Crippen molar-refractivity contribution in [3.05, 3.63) is 60.6 Å². The van der Waals surface area contributed by atoms with E-state index in [1.807, 2.05) is 18.2 Å². The molecule has 3 aromatic rings. The van der Waals surface area contributed by atoms with E-state index in [-0.39, 0.29) is 10.6 Å². The molecule has 0 saturated carbocycles. The largest absolute Gasteiger partial charge is 0.277 e. The molecule has 1 N–H and O–H groups in total. The summed E-state index contributed by atoms with van der Waals surface area (Å²) in [6.07, 6.45) is 2.75. The van der Waals surface area contributed by atoms with Gasteiger partial charge in [-0.05, 0) is 24.3 Å². The number of pyridine rings is 2. The van der Waals surface area contributed by atoms with E-state index in [9.17, 15) is 8.42 Å². The highest BCUT2D eigenvalue weighted by molar-refractivity contribution is 7.92. The maximum absolute atomic E-state index is 12.4. The SMILES string of the molecule is N#Cc1ccc(S(=O)(=O)Nc2cccc3cccnc23)cn1. The zero-order valence-corrected chi connectivity index (χ0v) is 12.1. The number of rotatable bonds is 3. The van der Waals surface area contributed by atoms with E-state index in [1.165, 1.54) is 12.1 Å². The van der Waals surface area contributed by atoms with Crippen molar-refractivity contribution in [1.29, 1.82) is 5.26 Å². The van der Waals surface area contributed by atoms with Crippen molar-refractivity contribution < 1.29 is 8.42 Å². The van der Waals surface area contributed by atoms with Crippen molar-refractivity contribution in [2.24, 2.45) is 0 Å². The van der Waals surface area contributed by atoms with Crippen molar-refractivity contribution in [3.63, 3.8) is 0 Å². The predicted molar refractivity (Wildman–Crippen MR) is 81.5 cm³/mol. The number of anilines is 1. The van der Waals surface area contributed by atoms with Gasteiger partial charge in [-0.25, -0.2) is 13.4 Å². The van der Waals surface area contributed by atoms with Gasteiger partial charge in [-0.2, -0.15) is 5.26 Å². The van der Waals surface area contributed by atoms with Gasteiger partial charge in [0.25, 0.3) is 10.0 Å². The summed E-state index contributed by atoms with van der Waals surface area (Å²) in [6, 6.07) is 13.4. The molecule has 22 heavy (non-hydrogen) atoms. The Morgan fingerprint density at radius 2 is 1.86 bits per heavy atom. The lowest BCUT2D eigenvalue weighted by molar-refractivity contribution is 0.601. The number of benzene rings is 1. The lowest BCUT2D eigenvalue weighted by Crippen LogP contribution is -2.13. The highest BCUT2D eigenvalue weighted by atomic mass is 32.2. The Bertz CT molecular complexity index is 971. The lowest BCUT2D eigenvalue weighted by Gasteiger charge is -2.09. The topological polar surface area (TPSA) is 95.7 Å². The Kier molecular flexibility index (Phi) is 3.45. The minimum Gasteiger partial charge on any atom is -0.277 e. The molecule has 0 amide bonds. The number of nitriles is 1. The van der Waals surface area contributed by atoms with Gasteiger partial charge >= 0.3 is 0 Å². The summed E-state index contributed by atoms with van der Waals surface area (Å²) < 4.78 is 27.3. The molecule has 0 fully saturated rings. The van der Waals surface area contributed by atoms with Gasteiger partial charge in [-0.15, -0.1) is 0 Å². The predicted octanol–water partition coefficient (Wildman–Crippen LogP) is 2.30. The molecule has 0 spiro atoms. The molecule has 2 heterocycles. The quantitative estimate of drug-likeness (QED) is 0.800. The van der Waals surface area contributed by atoms with Crippen molar-refractivity contribution in [2.75, 3.05) is 4.72 Å². The summed E-state index contributed by atoms with van der Waals surface area (Å²) in [4.78, 5) is 7.96. The maximum atomic E-state index is 12.4. The number of para-hydroxylation sites is 1. The van der Waals surface area contributed by atoms with Gasteiger partial charge in [0.15, 0.2) is 0 Å². The molecule has 0 bridgehead atoms. The lowest BCUT2D eigenvalue weighted by atomic mass is 10.2. The van der Waals surface area contributed by atoms with Gasteiger partial charge in [0, 0.05) is 17.8 Å². The van der Waals surface area contributed by atoms with Gasteiger partial charge < -0.3 is 0 Å². The van der Waals surface area contributed by atoms with Crippen LogP contribution in [-0.2, 0) is 10.0 Å². The molecule has 0 unspecified atom stereocenters. The van der Waals surface area contributed by atoms with Crippen molar-refractivity contribution in [1.82, 2.24) is 9.97 Å². The molecule has 1 aromatic carbocycles. The first-order valence-corrected chi connectivity index (χ1v) is 7.81. The van der Waals surface area contributed by atoms with Gasteiger partial charge in [0.1, 0.15) is 16.7 Å². The Hall–Kier alpha value is -2.98.